The Hall–Kier alpha value is -2.39. The fraction of sp³-hybridized carbons (Fsp3) is 0.250. The molecule has 0 saturated carbocycles. The lowest BCUT2D eigenvalue weighted by Gasteiger charge is -2.22. The van der Waals surface area contributed by atoms with E-state index in [0.717, 1.165) is 13.1 Å². The molecule has 3 heteroatoms. The van der Waals surface area contributed by atoms with E-state index in [1.165, 1.54) is 11.1 Å². The lowest BCUT2D eigenvalue weighted by molar-refractivity contribution is -0.139. The first-order valence-corrected chi connectivity index (χ1v) is 7.78. The maximum absolute atomic E-state index is 11.5. The second kappa shape index (κ2) is 8.91. The molecule has 0 saturated heterocycles. The summed E-state index contributed by atoms with van der Waals surface area (Å²) in [7, 11) is 0. The second-order valence-electron chi connectivity index (χ2n) is 5.60. The maximum atomic E-state index is 11.5. The van der Waals surface area contributed by atoms with Gasteiger partial charge in [0, 0.05) is 25.2 Å². The van der Waals surface area contributed by atoms with Crippen molar-refractivity contribution >= 4 is 5.97 Å². The molecule has 2 aromatic rings. The van der Waals surface area contributed by atoms with Gasteiger partial charge in [0.25, 0.3) is 0 Å². The SMILES string of the molecule is C=C(C)C(=O)OCCN(Cc1ccccc1)Cc1ccccc1. The van der Waals surface area contributed by atoms with Crippen molar-refractivity contribution in [3.63, 3.8) is 0 Å². The molecule has 2 rings (SSSR count). The Balaban J connectivity index is 1.96. The van der Waals surface area contributed by atoms with E-state index < -0.39 is 0 Å². The van der Waals surface area contributed by atoms with Gasteiger partial charge in [0.15, 0.2) is 0 Å². The number of nitrogens with zero attached hydrogens (tertiary/aromatic N) is 1. The Morgan fingerprint density at radius 3 is 1.87 bits per heavy atom. The van der Waals surface area contributed by atoms with Gasteiger partial charge in [-0.25, -0.2) is 4.79 Å². The topological polar surface area (TPSA) is 29.5 Å². The number of hydrogen-bond donors (Lipinski definition) is 0. The molecule has 0 radical (unpaired) electrons. The zero-order chi connectivity index (χ0) is 16.5. The number of carbonyl (C=O) groups is 1. The van der Waals surface area contributed by atoms with Crippen molar-refractivity contribution in [2.45, 2.75) is 20.0 Å². The van der Waals surface area contributed by atoms with Crippen LogP contribution in [0.5, 0.6) is 0 Å². The minimum absolute atomic E-state index is 0.329. The van der Waals surface area contributed by atoms with Gasteiger partial charge in [-0.3, -0.25) is 4.90 Å². The van der Waals surface area contributed by atoms with Crippen molar-refractivity contribution in [3.05, 3.63) is 83.9 Å². The number of esters is 1. The summed E-state index contributed by atoms with van der Waals surface area (Å²) in [6.45, 7) is 7.95. The van der Waals surface area contributed by atoms with Crippen LogP contribution in [-0.2, 0) is 22.6 Å². The van der Waals surface area contributed by atoms with Gasteiger partial charge in [-0.05, 0) is 18.1 Å². The molecule has 3 nitrogen and oxygen atoms in total. The zero-order valence-corrected chi connectivity index (χ0v) is 13.6. The van der Waals surface area contributed by atoms with Crippen LogP contribution >= 0.6 is 0 Å². The predicted octanol–water partition coefficient (Wildman–Crippen LogP) is 3.81. The summed E-state index contributed by atoms with van der Waals surface area (Å²) in [6.07, 6.45) is 0. The highest BCUT2D eigenvalue weighted by atomic mass is 16.5. The Bertz CT molecular complexity index is 581. The molecule has 0 amide bonds. The first kappa shape index (κ1) is 17.0. The third-order valence-electron chi connectivity index (χ3n) is 3.49. The number of rotatable bonds is 8. The molecule has 120 valence electrons. The van der Waals surface area contributed by atoms with Crippen molar-refractivity contribution < 1.29 is 9.53 Å². The Labute approximate surface area is 138 Å². The number of carbonyl (C=O) groups excluding carboxylic acids is 1. The average Bonchev–Trinajstić information content (AvgIpc) is 2.56. The smallest absolute Gasteiger partial charge is 0.333 e. The van der Waals surface area contributed by atoms with Gasteiger partial charge in [0.1, 0.15) is 6.61 Å². The van der Waals surface area contributed by atoms with E-state index in [4.69, 9.17) is 4.74 Å². The summed E-state index contributed by atoms with van der Waals surface area (Å²) < 4.78 is 5.23. The molecule has 0 aliphatic heterocycles. The molecule has 0 atom stereocenters. The average molecular weight is 309 g/mol. The van der Waals surface area contributed by atoms with Crippen LogP contribution in [-0.4, -0.2) is 24.0 Å². The molecule has 0 unspecified atom stereocenters. The summed E-state index contributed by atoms with van der Waals surface area (Å²) in [6, 6.07) is 20.6. The van der Waals surface area contributed by atoms with Crippen molar-refractivity contribution in [1.82, 2.24) is 4.90 Å². The van der Waals surface area contributed by atoms with Gasteiger partial charge in [0.05, 0.1) is 0 Å². The van der Waals surface area contributed by atoms with Gasteiger partial charge >= 0.3 is 5.97 Å². The Morgan fingerprint density at radius 2 is 1.43 bits per heavy atom. The molecular formula is C20H23NO2. The first-order valence-electron chi connectivity index (χ1n) is 7.78. The summed E-state index contributed by atoms with van der Waals surface area (Å²) >= 11 is 0. The molecule has 23 heavy (non-hydrogen) atoms. The molecule has 0 aliphatic carbocycles. The van der Waals surface area contributed by atoms with E-state index in [2.05, 4.69) is 35.7 Å². The maximum Gasteiger partial charge on any atom is 0.333 e. The summed E-state index contributed by atoms with van der Waals surface area (Å²) in [4.78, 5) is 13.8. The summed E-state index contributed by atoms with van der Waals surface area (Å²) in [5.74, 6) is -0.329. The van der Waals surface area contributed by atoms with E-state index in [9.17, 15) is 4.79 Å². The molecule has 0 aliphatic rings. The Morgan fingerprint density at radius 1 is 0.957 bits per heavy atom. The molecule has 0 spiro atoms. The highest BCUT2D eigenvalue weighted by Gasteiger charge is 2.09. The van der Waals surface area contributed by atoms with Gasteiger partial charge in [-0.1, -0.05) is 67.2 Å². The van der Waals surface area contributed by atoms with Crippen molar-refractivity contribution in [2.24, 2.45) is 0 Å². The van der Waals surface area contributed by atoms with Crippen molar-refractivity contribution in [1.29, 1.82) is 0 Å². The van der Waals surface area contributed by atoms with E-state index in [0.29, 0.717) is 18.7 Å². The van der Waals surface area contributed by atoms with Gasteiger partial charge in [-0.2, -0.15) is 0 Å². The Kier molecular flexibility index (Phi) is 6.57. The van der Waals surface area contributed by atoms with Crippen molar-refractivity contribution in [3.8, 4) is 0 Å². The lowest BCUT2D eigenvalue weighted by Crippen LogP contribution is -2.27. The third-order valence-corrected chi connectivity index (χ3v) is 3.49. The van der Waals surface area contributed by atoms with Crippen LogP contribution in [0.15, 0.2) is 72.8 Å². The largest absolute Gasteiger partial charge is 0.461 e. The monoisotopic (exact) mass is 309 g/mol. The number of hydrogen-bond acceptors (Lipinski definition) is 3. The van der Waals surface area contributed by atoms with E-state index in [-0.39, 0.29) is 5.97 Å². The number of ether oxygens (including phenoxy) is 1. The van der Waals surface area contributed by atoms with Crippen LogP contribution in [0.2, 0.25) is 0 Å². The first-order chi connectivity index (χ1) is 11.1. The van der Waals surface area contributed by atoms with Crippen LogP contribution in [0.1, 0.15) is 18.1 Å². The fourth-order valence-corrected chi connectivity index (χ4v) is 2.29. The molecule has 0 N–H and O–H groups in total. The molecule has 2 aromatic carbocycles. The fourth-order valence-electron chi connectivity index (χ4n) is 2.29. The van der Waals surface area contributed by atoms with E-state index in [1.54, 1.807) is 6.92 Å². The standard InChI is InChI=1S/C20H23NO2/c1-17(2)20(22)23-14-13-21(15-18-9-5-3-6-10-18)16-19-11-7-4-8-12-19/h3-12H,1,13-16H2,2H3. The quantitative estimate of drug-likeness (QED) is 0.548. The predicted molar refractivity (Wildman–Crippen MR) is 92.8 cm³/mol. The van der Waals surface area contributed by atoms with E-state index in [1.807, 2.05) is 36.4 Å². The second-order valence-corrected chi connectivity index (χ2v) is 5.60. The van der Waals surface area contributed by atoms with Crippen molar-refractivity contribution in [2.75, 3.05) is 13.2 Å². The summed E-state index contributed by atoms with van der Waals surface area (Å²) in [5, 5.41) is 0. The van der Waals surface area contributed by atoms with Crippen LogP contribution in [0, 0.1) is 0 Å². The van der Waals surface area contributed by atoms with E-state index >= 15 is 0 Å². The normalized spacial score (nSPS) is 10.5. The number of benzene rings is 2. The zero-order valence-electron chi connectivity index (χ0n) is 13.6. The minimum Gasteiger partial charge on any atom is -0.461 e. The van der Waals surface area contributed by atoms with Crippen LogP contribution in [0.4, 0.5) is 0 Å². The lowest BCUT2D eigenvalue weighted by atomic mass is 10.1. The van der Waals surface area contributed by atoms with Crippen LogP contribution in [0.3, 0.4) is 0 Å². The summed E-state index contributed by atoms with van der Waals surface area (Å²) in [5.41, 5.74) is 2.92. The minimum atomic E-state index is -0.329. The van der Waals surface area contributed by atoms with Gasteiger partial charge in [-0.15, -0.1) is 0 Å². The van der Waals surface area contributed by atoms with Gasteiger partial charge < -0.3 is 4.74 Å². The highest BCUT2D eigenvalue weighted by Crippen LogP contribution is 2.10. The molecule has 0 fully saturated rings. The van der Waals surface area contributed by atoms with Crippen LogP contribution < -0.4 is 0 Å². The molecule has 0 heterocycles. The molecular weight excluding hydrogens is 286 g/mol. The van der Waals surface area contributed by atoms with Gasteiger partial charge in [0.2, 0.25) is 0 Å². The molecule has 0 aromatic heterocycles. The van der Waals surface area contributed by atoms with Crippen LogP contribution in [0.25, 0.3) is 0 Å². The highest BCUT2D eigenvalue weighted by molar-refractivity contribution is 5.86. The molecule has 0 bridgehead atoms. The third kappa shape index (κ3) is 6.09.